The topological polar surface area (TPSA) is 66.5 Å². The molecule has 1 aliphatic heterocycles. The first-order chi connectivity index (χ1) is 11.9. The second-order valence-corrected chi connectivity index (χ2v) is 8.73. The molecule has 0 bridgehead atoms. The van der Waals surface area contributed by atoms with Gasteiger partial charge in [0, 0.05) is 24.1 Å². The number of anilines is 2. The second-order valence-electron chi connectivity index (χ2n) is 5.75. The zero-order valence-electron chi connectivity index (χ0n) is 14.2. The molecular weight excluding hydrogens is 356 g/mol. The number of hydrogen-bond acceptors (Lipinski definition) is 4. The normalized spacial score (nSPS) is 13.6. The van der Waals surface area contributed by atoms with Gasteiger partial charge in [-0.25, -0.2) is 8.42 Å². The van der Waals surface area contributed by atoms with E-state index in [1.165, 1.54) is 6.92 Å². The van der Waals surface area contributed by atoms with Gasteiger partial charge in [-0.1, -0.05) is 19.1 Å². The second kappa shape index (κ2) is 7.09. The smallest absolute Gasteiger partial charge is 0.261 e. The maximum absolute atomic E-state index is 12.8. The molecule has 7 heteroatoms. The van der Waals surface area contributed by atoms with Crippen LogP contribution in [0.5, 0.6) is 0 Å². The molecule has 1 aliphatic rings. The maximum Gasteiger partial charge on any atom is 0.261 e. The molecule has 0 radical (unpaired) electrons. The summed E-state index contributed by atoms with van der Waals surface area (Å²) in [5, 5.41) is 0. The van der Waals surface area contributed by atoms with Gasteiger partial charge in [0.15, 0.2) is 0 Å². The summed E-state index contributed by atoms with van der Waals surface area (Å²) in [6.45, 7) is 4.14. The van der Waals surface area contributed by atoms with Crippen LogP contribution in [-0.4, -0.2) is 26.6 Å². The minimum Gasteiger partial charge on any atom is -0.312 e. The summed E-state index contributed by atoms with van der Waals surface area (Å²) < 4.78 is 28.2. The Morgan fingerprint density at radius 2 is 2.00 bits per heavy atom. The van der Waals surface area contributed by atoms with Gasteiger partial charge in [0.2, 0.25) is 5.91 Å². The van der Waals surface area contributed by atoms with Crippen LogP contribution in [0.4, 0.5) is 11.4 Å². The molecule has 1 heterocycles. The first kappa shape index (κ1) is 17.8. The van der Waals surface area contributed by atoms with Gasteiger partial charge in [0.25, 0.3) is 10.0 Å². The largest absolute Gasteiger partial charge is 0.312 e. The lowest BCUT2D eigenvalue weighted by Gasteiger charge is -2.15. The number of amides is 1. The lowest BCUT2D eigenvalue weighted by Crippen LogP contribution is -2.25. The van der Waals surface area contributed by atoms with Crippen molar-refractivity contribution in [2.45, 2.75) is 30.1 Å². The minimum absolute atomic E-state index is 0.0296. The van der Waals surface area contributed by atoms with E-state index in [1.807, 2.05) is 25.1 Å². The lowest BCUT2D eigenvalue weighted by atomic mass is 10.2. The summed E-state index contributed by atoms with van der Waals surface area (Å²) in [4.78, 5) is 14.4. The van der Waals surface area contributed by atoms with Crippen LogP contribution in [0.2, 0.25) is 0 Å². The van der Waals surface area contributed by atoms with Crippen LogP contribution >= 0.6 is 11.8 Å². The van der Waals surface area contributed by atoms with Crippen LogP contribution in [0, 0.1) is 0 Å². The first-order valence-electron chi connectivity index (χ1n) is 8.08. The van der Waals surface area contributed by atoms with Crippen molar-refractivity contribution in [2.75, 3.05) is 21.9 Å². The quantitative estimate of drug-likeness (QED) is 0.811. The molecule has 0 spiro atoms. The number of carbonyl (C=O) groups excluding carboxylic acids is 1. The van der Waals surface area contributed by atoms with Gasteiger partial charge >= 0.3 is 0 Å². The predicted molar refractivity (Wildman–Crippen MR) is 102 cm³/mol. The summed E-state index contributed by atoms with van der Waals surface area (Å²) >= 11 is 1.59. The number of sulfonamides is 1. The van der Waals surface area contributed by atoms with E-state index < -0.39 is 10.0 Å². The van der Waals surface area contributed by atoms with E-state index in [4.69, 9.17) is 0 Å². The Kier molecular flexibility index (Phi) is 5.06. The van der Waals surface area contributed by atoms with E-state index in [-0.39, 0.29) is 10.8 Å². The minimum atomic E-state index is -3.68. The molecule has 0 aromatic heterocycles. The van der Waals surface area contributed by atoms with Crippen LogP contribution in [-0.2, 0) is 21.2 Å². The fraction of sp³-hybridized carbons (Fsp3) is 0.278. The molecule has 0 aliphatic carbocycles. The van der Waals surface area contributed by atoms with Gasteiger partial charge in [-0.3, -0.25) is 9.52 Å². The summed E-state index contributed by atoms with van der Waals surface area (Å²) in [7, 11) is -3.68. The number of nitrogens with zero attached hydrogens (tertiary/aromatic N) is 1. The molecule has 2 aromatic rings. The van der Waals surface area contributed by atoms with Crippen molar-refractivity contribution in [3.63, 3.8) is 0 Å². The van der Waals surface area contributed by atoms with Crippen LogP contribution < -0.4 is 9.62 Å². The van der Waals surface area contributed by atoms with Gasteiger partial charge in [-0.05, 0) is 48.1 Å². The number of thioether (sulfide) groups is 1. The molecule has 2 aromatic carbocycles. The highest BCUT2D eigenvalue weighted by atomic mass is 32.2. The molecule has 1 N–H and O–H groups in total. The van der Waals surface area contributed by atoms with Crippen molar-refractivity contribution in [1.29, 1.82) is 0 Å². The average molecular weight is 377 g/mol. The van der Waals surface area contributed by atoms with Crippen LogP contribution in [0.1, 0.15) is 19.4 Å². The van der Waals surface area contributed by atoms with E-state index in [0.29, 0.717) is 18.7 Å². The molecule has 0 unspecified atom stereocenters. The van der Waals surface area contributed by atoms with Gasteiger partial charge in [0.1, 0.15) is 0 Å². The molecule has 0 saturated heterocycles. The molecule has 132 valence electrons. The third kappa shape index (κ3) is 3.67. The summed E-state index contributed by atoms with van der Waals surface area (Å²) in [6.07, 6.45) is 0.667. The molecule has 3 rings (SSSR count). The fourth-order valence-electron chi connectivity index (χ4n) is 2.91. The van der Waals surface area contributed by atoms with Crippen LogP contribution in [0.25, 0.3) is 0 Å². The highest BCUT2D eigenvalue weighted by Crippen LogP contribution is 2.32. The van der Waals surface area contributed by atoms with Crippen molar-refractivity contribution < 1.29 is 13.2 Å². The highest BCUT2D eigenvalue weighted by Gasteiger charge is 2.25. The first-order valence-corrected chi connectivity index (χ1v) is 10.5. The Balaban J connectivity index is 1.91. The van der Waals surface area contributed by atoms with E-state index in [0.717, 1.165) is 21.9 Å². The molecule has 5 nitrogen and oxygen atoms in total. The summed E-state index contributed by atoms with van der Waals surface area (Å²) in [6, 6.07) is 12.3. The standard InChI is InChI=1S/C18H20N2O3S2/c1-3-24-18-7-5-4-6-16(18)19-25(22,23)15-8-9-17-14(12-15)10-11-20(17)13(2)21/h4-9,12,19H,3,10-11H2,1-2H3. The van der Waals surface area contributed by atoms with E-state index in [2.05, 4.69) is 4.72 Å². The third-order valence-corrected chi connectivity index (χ3v) is 6.39. The van der Waals surface area contributed by atoms with Crippen molar-refractivity contribution in [3.8, 4) is 0 Å². The Labute approximate surface area is 152 Å². The lowest BCUT2D eigenvalue weighted by molar-refractivity contribution is -0.116. The molecule has 1 amide bonds. The number of benzene rings is 2. The Hall–Kier alpha value is -1.99. The molecule has 0 atom stereocenters. The molecular formula is C18H20N2O3S2. The molecule has 25 heavy (non-hydrogen) atoms. The number of hydrogen-bond donors (Lipinski definition) is 1. The number of para-hydroxylation sites is 1. The Morgan fingerprint density at radius 1 is 1.24 bits per heavy atom. The zero-order valence-corrected chi connectivity index (χ0v) is 15.8. The number of rotatable bonds is 5. The average Bonchev–Trinajstić information content (AvgIpc) is 3.00. The Morgan fingerprint density at radius 3 is 2.72 bits per heavy atom. The number of carbonyl (C=O) groups is 1. The van der Waals surface area contributed by atoms with Crippen molar-refractivity contribution in [1.82, 2.24) is 0 Å². The highest BCUT2D eigenvalue weighted by molar-refractivity contribution is 7.99. The number of fused-ring (bicyclic) bond motifs is 1. The van der Waals surface area contributed by atoms with Gasteiger partial charge in [-0.15, -0.1) is 11.8 Å². The fourth-order valence-corrected chi connectivity index (χ4v) is 4.86. The van der Waals surface area contributed by atoms with Gasteiger partial charge in [-0.2, -0.15) is 0 Å². The van der Waals surface area contributed by atoms with Crippen LogP contribution in [0.3, 0.4) is 0 Å². The zero-order chi connectivity index (χ0) is 18.0. The summed E-state index contributed by atoms with van der Waals surface area (Å²) in [5.41, 5.74) is 2.27. The Bertz CT molecular complexity index is 910. The predicted octanol–water partition coefficient (Wildman–Crippen LogP) is 3.51. The maximum atomic E-state index is 12.8. The SMILES string of the molecule is CCSc1ccccc1NS(=O)(=O)c1ccc2c(c1)CCN2C(C)=O. The van der Waals surface area contributed by atoms with E-state index in [1.54, 1.807) is 40.9 Å². The van der Waals surface area contributed by atoms with Crippen molar-refractivity contribution >= 4 is 39.1 Å². The third-order valence-electron chi connectivity index (χ3n) is 4.07. The molecule has 0 fully saturated rings. The molecule has 0 saturated carbocycles. The van der Waals surface area contributed by atoms with Gasteiger partial charge < -0.3 is 4.90 Å². The van der Waals surface area contributed by atoms with Crippen LogP contribution in [0.15, 0.2) is 52.3 Å². The number of nitrogens with one attached hydrogen (secondary N) is 1. The van der Waals surface area contributed by atoms with Crippen molar-refractivity contribution in [2.24, 2.45) is 0 Å². The van der Waals surface area contributed by atoms with E-state index >= 15 is 0 Å². The van der Waals surface area contributed by atoms with Crippen molar-refractivity contribution in [3.05, 3.63) is 48.0 Å². The van der Waals surface area contributed by atoms with E-state index in [9.17, 15) is 13.2 Å². The monoisotopic (exact) mass is 376 g/mol. The summed E-state index contributed by atoms with van der Waals surface area (Å²) in [5.74, 6) is 0.830. The van der Waals surface area contributed by atoms with Gasteiger partial charge in [0.05, 0.1) is 10.6 Å².